The number of carbonyl (C=O) groups is 1. The first kappa shape index (κ1) is 15.0. The highest BCUT2D eigenvalue weighted by Gasteiger charge is 2.19. The summed E-state index contributed by atoms with van der Waals surface area (Å²) < 4.78 is 0. The number of alkyl halides is 1. The summed E-state index contributed by atoms with van der Waals surface area (Å²) >= 11 is 3.60. The van der Waals surface area contributed by atoms with Gasteiger partial charge in [0, 0.05) is 17.3 Å². The van der Waals surface area contributed by atoms with E-state index in [2.05, 4.69) is 28.2 Å². The molecule has 17 heavy (non-hydrogen) atoms. The summed E-state index contributed by atoms with van der Waals surface area (Å²) in [5, 5.41) is 3.10. The van der Waals surface area contributed by atoms with E-state index < -0.39 is 0 Å². The van der Waals surface area contributed by atoms with E-state index in [1.807, 2.05) is 0 Å². The number of hydrogen-bond donors (Lipinski definition) is 1. The molecular formula is C14H26BrNO. The fourth-order valence-electron chi connectivity index (χ4n) is 2.49. The zero-order chi connectivity index (χ0) is 12.5. The fraction of sp³-hybridized carbons (Fsp3) is 0.929. The number of nitrogens with one attached hydrogen (secondary N) is 1. The Labute approximate surface area is 114 Å². The second kappa shape index (κ2) is 8.96. The van der Waals surface area contributed by atoms with Crippen LogP contribution in [0, 0.1) is 5.92 Å². The van der Waals surface area contributed by atoms with Gasteiger partial charge in [0.2, 0.25) is 5.91 Å². The molecule has 1 aliphatic carbocycles. The van der Waals surface area contributed by atoms with E-state index >= 15 is 0 Å². The summed E-state index contributed by atoms with van der Waals surface area (Å²) in [4.78, 5) is 12.5. The highest BCUT2D eigenvalue weighted by atomic mass is 79.9. The second-order valence-electron chi connectivity index (χ2n) is 5.17. The number of amides is 1. The van der Waals surface area contributed by atoms with Crippen LogP contribution in [-0.2, 0) is 4.79 Å². The highest BCUT2D eigenvalue weighted by molar-refractivity contribution is 9.09. The van der Waals surface area contributed by atoms with Crippen molar-refractivity contribution in [2.45, 2.75) is 69.5 Å². The van der Waals surface area contributed by atoms with Crippen LogP contribution in [-0.4, -0.2) is 17.3 Å². The first-order chi connectivity index (χ1) is 8.24. The van der Waals surface area contributed by atoms with Gasteiger partial charge in [0.25, 0.3) is 0 Å². The van der Waals surface area contributed by atoms with Gasteiger partial charge in [-0.15, -0.1) is 0 Å². The summed E-state index contributed by atoms with van der Waals surface area (Å²) in [6.07, 6.45) is 10.9. The monoisotopic (exact) mass is 303 g/mol. The predicted molar refractivity (Wildman–Crippen MR) is 76.4 cm³/mol. The van der Waals surface area contributed by atoms with E-state index in [-0.39, 0.29) is 11.8 Å². The maximum absolute atomic E-state index is 12.0. The van der Waals surface area contributed by atoms with Crippen molar-refractivity contribution >= 4 is 21.8 Å². The van der Waals surface area contributed by atoms with Crippen LogP contribution in [0.15, 0.2) is 0 Å². The van der Waals surface area contributed by atoms with Crippen molar-refractivity contribution in [1.29, 1.82) is 0 Å². The maximum atomic E-state index is 12.0. The average molecular weight is 304 g/mol. The number of carbonyl (C=O) groups excluding carboxylic acids is 1. The normalized spacial score (nSPS) is 20.4. The molecule has 1 unspecified atom stereocenters. The van der Waals surface area contributed by atoms with Crippen molar-refractivity contribution in [2.75, 3.05) is 6.54 Å². The first-order valence-corrected chi connectivity index (χ1v) is 8.07. The molecule has 0 aromatic rings. The van der Waals surface area contributed by atoms with Gasteiger partial charge in [-0.1, -0.05) is 61.4 Å². The molecule has 1 amide bonds. The summed E-state index contributed by atoms with van der Waals surface area (Å²) in [6.45, 7) is 2.95. The molecule has 100 valence electrons. The van der Waals surface area contributed by atoms with Gasteiger partial charge in [-0.2, -0.15) is 0 Å². The van der Waals surface area contributed by atoms with E-state index in [0.717, 1.165) is 32.2 Å². The van der Waals surface area contributed by atoms with E-state index in [1.165, 1.54) is 32.1 Å². The Morgan fingerprint density at radius 2 is 1.82 bits per heavy atom. The average Bonchev–Trinajstić information content (AvgIpc) is 2.26. The van der Waals surface area contributed by atoms with Gasteiger partial charge in [0.15, 0.2) is 0 Å². The van der Waals surface area contributed by atoms with Gasteiger partial charge < -0.3 is 5.32 Å². The first-order valence-electron chi connectivity index (χ1n) is 7.15. The SMILES string of the molecule is CCCC(Br)CNC(=O)C1CCCCCCC1. The Bertz CT molecular complexity index is 212. The largest absolute Gasteiger partial charge is 0.355 e. The van der Waals surface area contributed by atoms with Gasteiger partial charge in [-0.25, -0.2) is 0 Å². The minimum atomic E-state index is 0.275. The quantitative estimate of drug-likeness (QED) is 0.763. The molecule has 0 aliphatic heterocycles. The number of rotatable bonds is 5. The zero-order valence-corrected chi connectivity index (χ0v) is 12.6. The van der Waals surface area contributed by atoms with E-state index in [0.29, 0.717) is 4.83 Å². The molecule has 1 saturated carbocycles. The fourth-order valence-corrected chi connectivity index (χ4v) is 3.11. The van der Waals surface area contributed by atoms with Crippen LogP contribution < -0.4 is 5.32 Å². The van der Waals surface area contributed by atoms with Crippen molar-refractivity contribution < 1.29 is 4.79 Å². The summed E-state index contributed by atoms with van der Waals surface area (Å²) in [7, 11) is 0. The molecule has 1 fully saturated rings. The van der Waals surface area contributed by atoms with Crippen molar-refractivity contribution in [2.24, 2.45) is 5.92 Å². The third-order valence-corrected chi connectivity index (χ3v) is 4.36. The van der Waals surface area contributed by atoms with Crippen molar-refractivity contribution in [3.63, 3.8) is 0 Å². The van der Waals surface area contributed by atoms with Crippen molar-refractivity contribution in [1.82, 2.24) is 5.32 Å². The molecular weight excluding hydrogens is 278 g/mol. The summed E-state index contributed by atoms with van der Waals surface area (Å²) in [6, 6.07) is 0. The summed E-state index contributed by atoms with van der Waals surface area (Å²) in [5.74, 6) is 0.559. The molecule has 1 atom stereocenters. The molecule has 0 saturated heterocycles. The van der Waals surface area contributed by atoms with Crippen LogP contribution in [0.25, 0.3) is 0 Å². The molecule has 3 heteroatoms. The molecule has 2 nitrogen and oxygen atoms in total. The lowest BCUT2D eigenvalue weighted by Crippen LogP contribution is -2.35. The third-order valence-electron chi connectivity index (χ3n) is 3.58. The van der Waals surface area contributed by atoms with Crippen LogP contribution in [0.2, 0.25) is 0 Å². The standard InChI is InChI=1S/C14H26BrNO/c1-2-8-13(15)11-16-14(17)12-9-6-4-3-5-7-10-12/h12-13H,2-11H2,1H3,(H,16,17). The van der Waals surface area contributed by atoms with Crippen LogP contribution in [0.1, 0.15) is 64.7 Å². The van der Waals surface area contributed by atoms with E-state index in [4.69, 9.17) is 0 Å². The molecule has 1 rings (SSSR count). The smallest absolute Gasteiger partial charge is 0.223 e. The Kier molecular flexibility index (Phi) is 7.91. The highest BCUT2D eigenvalue weighted by Crippen LogP contribution is 2.22. The lowest BCUT2D eigenvalue weighted by atomic mass is 9.90. The van der Waals surface area contributed by atoms with Gasteiger partial charge in [0.05, 0.1) is 0 Å². The molecule has 0 spiro atoms. The topological polar surface area (TPSA) is 29.1 Å². The van der Waals surface area contributed by atoms with Crippen molar-refractivity contribution in [3.05, 3.63) is 0 Å². The summed E-state index contributed by atoms with van der Waals surface area (Å²) in [5.41, 5.74) is 0. The minimum Gasteiger partial charge on any atom is -0.355 e. The van der Waals surface area contributed by atoms with E-state index in [9.17, 15) is 4.79 Å². The van der Waals surface area contributed by atoms with Gasteiger partial charge in [-0.3, -0.25) is 4.79 Å². The van der Waals surface area contributed by atoms with Gasteiger partial charge in [-0.05, 0) is 19.3 Å². The Morgan fingerprint density at radius 1 is 1.24 bits per heavy atom. The molecule has 1 N–H and O–H groups in total. The molecule has 0 bridgehead atoms. The molecule has 0 heterocycles. The third kappa shape index (κ3) is 6.44. The molecule has 0 aromatic heterocycles. The zero-order valence-electron chi connectivity index (χ0n) is 11.0. The maximum Gasteiger partial charge on any atom is 0.223 e. The molecule has 0 aromatic carbocycles. The number of hydrogen-bond acceptors (Lipinski definition) is 1. The van der Waals surface area contributed by atoms with E-state index in [1.54, 1.807) is 0 Å². The van der Waals surface area contributed by atoms with Crippen LogP contribution >= 0.6 is 15.9 Å². The van der Waals surface area contributed by atoms with Crippen LogP contribution in [0.4, 0.5) is 0 Å². The lowest BCUT2D eigenvalue weighted by molar-refractivity contribution is -0.125. The minimum absolute atomic E-state index is 0.275. The Balaban J connectivity index is 2.24. The molecule has 1 aliphatic rings. The predicted octanol–water partition coefficient (Wildman–Crippen LogP) is 4.03. The Hall–Kier alpha value is -0.0500. The van der Waals surface area contributed by atoms with Crippen LogP contribution in [0.5, 0.6) is 0 Å². The Morgan fingerprint density at radius 3 is 2.41 bits per heavy atom. The second-order valence-corrected chi connectivity index (χ2v) is 6.47. The lowest BCUT2D eigenvalue weighted by Gasteiger charge is -2.20. The van der Waals surface area contributed by atoms with Gasteiger partial charge >= 0.3 is 0 Å². The molecule has 0 radical (unpaired) electrons. The number of halogens is 1. The van der Waals surface area contributed by atoms with Gasteiger partial charge in [0.1, 0.15) is 0 Å². The van der Waals surface area contributed by atoms with Crippen LogP contribution in [0.3, 0.4) is 0 Å². The van der Waals surface area contributed by atoms with Crippen molar-refractivity contribution in [3.8, 4) is 0 Å².